The van der Waals surface area contributed by atoms with Crippen LogP contribution in [0.2, 0.25) is 0 Å². The van der Waals surface area contributed by atoms with Crippen LogP contribution in [0.3, 0.4) is 0 Å². The number of amides is 3. The van der Waals surface area contributed by atoms with Crippen LogP contribution in [0.4, 0.5) is 11.4 Å². The maximum atomic E-state index is 14.0. The van der Waals surface area contributed by atoms with Gasteiger partial charge in [-0.25, -0.2) is 0 Å². The van der Waals surface area contributed by atoms with Crippen molar-refractivity contribution in [1.29, 1.82) is 0 Å². The van der Waals surface area contributed by atoms with Crippen molar-refractivity contribution in [3.8, 4) is 0 Å². The van der Waals surface area contributed by atoms with Crippen molar-refractivity contribution in [3.05, 3.63) is 46.2 Å². The van der Waals surface area contributed by atoms with E-state index < -0.39 is 17.5 Å². The first-order valence-corrected chi connectivity index (χ1v) is 14.8. The number of hydrogen-bond donors (Lipinski definition) is 2. The Morgan fingerprint density at radius 3 is 2.62 bits per heavy atom. The number of nitrogens with two attached hydrogens (primary N) is 1. The van der Waals surface area contributed by atoms with Crippen LogP contribution >= 0.6 is 11.3 Å². The van der Waals surface area contributed by atoms with Crippen molar-refractivity contribution in [3.63, 3.8) is 0 Å². The van der Waals surface area contributed by atoms with Crippen LogP contribution in [-0.4, -0.2) is 41.6 Å². The molecule has 0 spiro atoms. The van der Waals surface area contributed by atoms with E-state index in [9.17, 15) is 19.2 Å². The lowest BCUT2D eigenvalue weighted by atomic mass is 9.84. The second-order valence-corrected chi connectivity index (χ2v) is 12.3. The Morgan fingerprint density at radius 1 is 1.23 bits per heavy atom. The molecule has 1 aromatic heterocycles. The zero-order chi connectivity index (χ0) is 28.3. The van der Waals surface area contributed by atoms with Gasteiger partial charge in [-0.1, -0.05) is 32.9 Å². The number of carbonyl (C=O) groups excluding carboxylic acids is 4. The highest BCUT2D eigenvalue weighted by Gasteiger charge is 2.39. The molecular formula is C30H40N4O4S. The van der Waals surface area contributed by atoms with Crippen molar-refractivity contribution in [1.82, 2.24) is 5.32 Å². The smallest absolute Gasteiger partial charge is 0.240 e. The summed E-state index contributed by atoms with van der Waals surface area (Å²) in [6.45, 7) is 8.49. The minimum absolute atomic E-state index is 0.0242. The van der Waals surface area contributed by atoms with Gasteiger partial charge in [0.1, 0.15) is 0 Å². The number of thiophene rings is 1. The number of rotatable bonds is 11. The van der Waals surface area contributed by atoms with Gasteiger partial charge in [0.25, 0.3) is 0 Å². The van der Waals surface area contributed by atoms with Crippen LogP contribution in [0.5, 0.6) is 0 Å². The molecule has 2 aliphatic heterocycles. The van der Waals surface area contributed by atoms with Crippen LogP contribution in [-0.2, 0) is 32.1 Å². The van der Waals surface area contributed by atoms with Gasteiger partial charge >= 0.3 is 0 Å². The average molecular weight is 553 g/mol. The Kier molecular flexibility index (Phi) is 8.91. The summed E-state index contributed by atoms with van der Waals surface area (Å²) in [7, 11) is 0. The van der Waals surface area contributed by atoms with Gasteiger partial charge in [0, 0.05) is 25.3 Å². The zero-order valence-corrected chi connectivity index (χ0v) is 24.2. The van der Waals surface area contributed by atoms with Gasteiger partial charge in [0.15, 0.2) is 5.78 Å². The first kappa shape index (κ1) is 29.0. The Bertz CT molecular complexity index is 1220. The number of Topliss-reactive ketones (excluding diaryl/α,β-unsaturated/α-hetero) is 1. The van der Waals surface area contributed by atoms with Gasteiger partial charge < -0.3 is 20.9 Å². The summed E-state index contributed by atoms with van der Waals surface area (Å²) in [6, 6.07) is 7.10. The molecule has 2 aromatic rings. The van der Waals surface area contributed by atoms with Gasteiger partial charge in [-0.05, 0) is 72.5 Å². The highest BCUT2D eigenvalue weighted by Crippen LogP contribution is 2.42. The van der Waals surface area contributed by atoms with Crippen molar-refractivity contribution < 1.29 is 19.2 Å². The van der Waals surface area contributed by atoms with Gasteiger partial charge in [0.05, 0.1) is 29.5 Å². The third-order valence-corrected chi connectivity index (χ3v) is 8.57. The summed E-state index contributed by atoms with van der Waals surface area (Å²) in [6.07, 6.45) is 2.64. The van der Waals surface area contributed by atoms with Crippen molar-refractivity contribution in [2.45, 2.75) is 84.3 Å². The summed E-state index contributed by atoms with van der Waals surface area (Å²) in [5, 5.41) is 6.87. The molecule has 2 aliphatic rings. The molecule has 3 atom stereocenters. The van der Waals surface area contributed by atoms with E-state index >= 15 is 0 Å². The van der Waals surface area contributed by atoms with E-state index in [2.05, 4.69) is 5.32 Å². The summed E-state index contributed by atoms with van der Waals surface area (Å²) in [4.78, 5) is 56.7. The fourth-order valence-corrected chi connectivity index (χ4v) is 6.01. The Morgan fingerprint density at radius 2 is 2.00 bits per heavy atom. The van der Waals surface area contributed by atoms with E-state index in [0.717, 1.165) is 28.9 Å². The van der Waals surface area contributed by atoms with Crippen LogP contribution in [0, 0.1) is 11.8 Å². The maximum absolute atomic E-state index is 14.0. The molecule has 8 nitrogen and oxygen atoms in total. The lowest BCUT2D eigenvalue weighted by Crippen LogP contribution is -2.56. The third-order valence-electron chi connectivity index (χ3n) is 7.84. The molecule has 210 valence electrons. The predicted molar refractivity (Wildman–Crippen MR) is 155 cm³/mol. The molecule has 0 bridgehead atoms. The van der Waals surface area contributed by atoms with Gasteiger partial charge in [-0.3, -0.25) is 19.2 Å². The maximum Gasteiger partial charge on any atom is 0.240 e. The summed E-state index contributed by atoms with van der Waals surface area (Å²) in [5.41, 5.74) is 8.55. The van der Waals surface area contributed by atoms with Gasteiger partial charge in [0.2, 0.25) is 17.7 Å². The van der Waals surface area contributed by atoms with Crippen LogP contribution in [0.15, 0.2) is 35.0 Å². The molecule has 1 saturated heterocycles. The van der Waals surface area contributed by atoms with E-state index in [1.54, 1.807) is 28.1 Å². The minimum atomic E-state index is -1.07. The predicted octanol–water partition coefficient (Wildman–Crippen LogP) is 4.20. The van der Waals surface area contributed by atoms with Crippen molar-refractivity contribution in [2.75, 3.05) is 16.3 Å². The molecule has 0 saturated carbocycles. The molecule has 3 amide bonds. The SMILES string of the molecule is CC[C@](C)(N)C(=O)N[C@H](CC(C)C)C(=O)CC1Cc2cccc(N3CCCC3=O)c2N(Cc2ccsc2)C1=O. The summed E-state index contributed by atoms with van der Waals surface area (Å²) >= 11 is 1.56. The topological polar surface area (TPSA) is 113 Å². The summed E-state index contributed by atoms with van der Waals surface area (Å²) in [5.74, 6) is -0.975. The number of anilines is 2. The molecular weight excluding hydrogens is 512 g/mol. The molecule has 3 heterocycles. The van der Waals surface area contributed by atoms with E-state index in [4.69, 9.17) is 5.73 Å². The number of ketones is 1. The first-order valence-electron chi connectivity index (χ1n) is 13.9. The van der Waals surface area contributed by atoms with E-state index in [1.807, 2.05) is 55.8 Å². The van der Waals surface area contributed by atoms with E-state index in [-0.39, 0.29) is 35.8 Å². The molecule has 1 unspecified atom stereocenters. The Hall–Kier alpha value is -3.04. The Balaban J connectivity index is 1.63. The van der Waals surface area contributed by atoms with E-state index in [0.29, 0.717) is 38.8 Å². The molecule has 1 fully saturated rings. The number of carbonyl (C=O) groups is 4. The molecule has 0 radical (unpaired) electrons. The average Bonchev–Trinajstić information content (AvgIpc) is 3.56. The van der Waals surface area contributed by atoms with E-state index in [1.165, 1.54) is 0 Å². The molecule has 39 heavy (non-hydrogen) atoms. The Labute approximate surface area is 234 Å². The number of fused-ring (bicyclic) bond motifs is 1. The second-order valence-electron chi connectivity index (χ2n) is 11.5. The molecule has 1 aromatic carbocycles. The van der Waals surface area contributed by atoms with Crippen LogP contribution in [0.25, 0.3) is 0 Å². The normalized spacial score (nSPS) is 19.7. The third kappa shape index (κ3) is 6.41. The second kappa shape index (κ2) is 12.0. The number of nitrogens with zero attached hydrogens (tertiary/aromatic N) is 2. The van der Waals surface area contributed by atoms with Crippen LogP contribution < -0.4 is 20.9 Å². The molecule has 4 rings (SSSR count). The fraction of sp³-hybridized carbons (Fsp3) is 0.533. The van der Waals surface area contributed by atoms with Crippen LogP contribution in [0.1, 0.15) is 70.9 Å². The molecule has 0 aliphatic carbocycles. The first-order chi connectivity index (χ1) is 18.5. The number of nitrogens with one attached hydrogen (secondary N) is 1. The molecule has 3 N–H and O–H groups in total. The lowest BCUT2D eigenvalue weighted by molar-refractivity contribution is -0.133. The number of benzene rings is 1. The van der Waals surface area contributed by atoms with Gasteiger partial charge in [-0.15, -0.1) is 0 Å². The van der Waals surface area contributed by atoms with Crippen molar-refractivity contribution in [2.24, 2.45) is 17.6 Å². The zero-order valence-electron chi connectivity index (χ0n) is 23.4. The standard InChI is InChI=1S/C30H40N4O4S/c1-5-30(4,31)29(38)32-23(14-19(2)3)25(35)16-22-15-21-8-6-9-24(33-12-7-10-26(33)36)27(21)34(28(22)37)17-20-11-13-39-18-20/h6,8-9,11,13,18-19,22-23H,5,7,10,12,14-17,31H2,1-4H3,(H,32,38)/t22?,23-,30+/m1/s1. The summed E-state index contributed by atoms with van der Waals surface area (Å²) < 4.78 is 0. The minimum Gasteiger partial charge on any atom is -0.345 e. The largest absolute Gasteiger partial charge is 0.345 e. The molecule has 9 heteroatoms. The number of hydrogen-bond acceptors (Lipinski definition) is 6. The lowest BCUT2D eigenvalue weighted by Gasteiger charge is -2.37. The van der Waals surface area contributed by atoms with Crippen molar-refractivity contribution >= 4 is 46.2 Å². The highest BCUT2D eigenvalue weighted by molar-refractivity contribution is 7.07. The quantitative estimate of drug-likeness (QED) is 0.434. The monoisotopic (exact) mass is 552 g/mol. The van der Waals surface area contributed by atoms with Gasteiger partial charge in [-0.2, -0.15) is 11.3 Å². The highest BCUT2D eigenvalue weighted by atomic mass is 32.1. The fourth-order valence-electron chi connectivity index (χ4n) is 5.35. The number of para-hydroxylation sites is 1.